The highest BCUT2D eigenvalue weighted by Crippen LogP contribution is 2.12. The number of aromatic nitrogens is 3. The summed E-state index contributed by atoms with van der Waals surface area (Å²) >= 11 is 5.75. The molecule has 86 valence electrons. The fourth-order valence-electron chi connectivity index (χ4n) is 1.26. The van der Waals surface area contributed by atoms with E-state index in [0.717, 1.165) is 5.56 Å². The number of aromatic amines is 1. The van der Waals surface area contributed by atoms with E-state index in [2.05, 4.69) is 15.4 Å². The third kappa shape index (κ3) is 2.70. The van der Waals surface area contributed by atoms with Gasteiger partial charge in [-0.05, 0) is 23.8 Å². The van der Waals surface area contributed by atoms with E-state index in [4.69, 9.17) is 16.7 Å². The van der Waals surface area contributed by atoms with Crippen molar-refractivity contribution < 1.29 is 9.90 Å². The van der Waals surface area contributed by atoms with Crippen molar-refractivity contribution in [2.45, 2.75) is 0 Å². The van der Waals surface area contributed by atoms with Crippen LogP contribution in [0.5, 0.6) is 0 Å². The summed E-state index contributed by atoms with van der Waals surface area (Å²) in [6.07, 6.45) is 3.35. The van der Waals surface area contributed by atoms with E-state index >= 15 is 0 Å². The molecule has 1 heterocycles. The van der Waals surface area contributed by atoms with Crippen LogP contribution in [-0.2, 0) is 0 Å². The van der Waals surface area contributed by atoms with Gasteiger partial charge in [0.15, 0.2) is 5.69 Å². The zero-order valence-electron chi connectivity index (χ0n) is 8.59. The smallest absolute Gasteiger partial charge is 0.358 e. The van der Waals surface area contributed by atoms with Gasteiger partial charge < -0.3 is 5.11 Å². The lowest BCUT2D eigenvalue weighted by Gasteiger charge is -1.93. The molecule has 6 heteroatoms. The summed E-state index contributed by atoms with van der Waals surface area (Å²) in [6.45, 7) is 0. The van der Waals surface area contributed by atoms with Crippen LogP contribution < -0.4 is 0 Å². The minimum Gasteiger partial charge on any atom is -0.476 e. The quantitative estimate of drug-likeness (QED) is 0.875. The minimum atomic E-state index is -1.12. The number of aromatic carboxylic acids is 1. The lowest BCUT2D eigenvalue weighted by molar-refractivity contribution is 0.0690. The molecule has 0 spiro atoms. The van der Waals surface area contributed by atoms with Crippen LogP contribution in [0.25, 0.3) is 12.2 Å². The van der Waals surface area contributed by atoms with Crippen LogP contribution in [-0.4, -0.2) is 26.5 Å². The molecule has 2 aromatic rings. The van der Waals surface area contributed by atoms with E-state index in [0.29, 0.717) is 10.7 Å². The van der Waals surface area contributed by atoms with E-state index in [1.54, 1.807) is 24.3 Å². The van der Waals surface area contributed by atoms with E-state index in [1.165, 1.54) is 0 Å². The molecule has 0 aliphatic carbocycles. The van der Waals surface area contributed by atoms with E-state index in [-0.39, 0.29) is 5.69 Å². The van der Waals surface area contributed by atoms with Crippen LogP contribution in [0.15, 0.2) is 24.3 Å². The van der Waals surface area contributed by atoms with Crippen molar-refractivity contribution in [3.05, 3.63) is 46.2 Å². The third-order valence-electron chi connectivity index (χ3n) is 2.09. The van der Waals surface area contributed by atoms with Gasteiger partial charge in [-0.15, -0.1) is 5.10 Å². The van der Waals surface area contributed by atoms with Gasteiger partial charge in [-0.25, -0.2) is 4.79 Å². The molecular formula is C11H8ClN3O2. The van der Waals surface area contributed by atoms with Crippen LogP contribution in [0, 0.1) is 0 Å². The molecule has 0 saturated carbocycles. The zero-order valence-corrected chi connectivity index (χ0v) is 9.35. The molecule has 0 amide bonds. The number of hydrogen-bond acceptors (Lipinski definition) is 3. The van der Waals surface area contributed by atoms with Crippen molar-refractivity contribution in [1.82, 2.24) is 15.4 Å². The monoisotopic (exact) mass is 249 g/mol. The van der Waals surface area contributed by atoms with E-state index in [1.807, 2.05) is 12.1 Å². The van der Waals surface area contributed by atoms with E-state index in [9.17, 15) is 4.79 Å². The average molecular weight is 250 g/mol. The van der Waals surface area contributed by atoms with Crippen molar-refractivity contribution in [3.63, 3.8) is 0 Å². The summed E-state index contributed by atoms with van der Waals surface area (Å²) in [6, 6.07) is 7.15. The largest absolute Gasteiger partial charge is 0.476 e. The Balaban J connectivity index is 2.23. The Morgan fingerprint density at radius 1 is 1.29 bits per heavy atom. The standard InChI is InChI=1S/C11H8ClN3O2/c12-8-4-1-7(2-5-8)3-6-9-10(11(16)17)14-15-13-9/h1-6H,(H,16,17)(H,13,14,15). The first-order chi connectivity index (χ1) is 8.16. The molecule has 0 radical (unpaired) electrons. The first-order valence-electron chi connectivity index (χ1n) is 4.75. The Kier molecular flexibility index (Phi) is 3.20. The Hall–Kier alpha value is -2.14. The van der Waals surface area contributed by atoms with Gasteiger partial charge in [0.25, 0.3) is 0 Å². The molecule has 2 N–H and O–H groups in total. The number of carboxylic acids is 1. The van der Waals surface area contributed by atoms with Gasteiger partial charge in [0.1, 0.15) is 0 Å². The minimum absolute atomic E-state index is 0.102. The maximum absolute atomic E-state index is 10.8. The Bertz CT molecular complexity index is 560. The SMILES string of the molecule is O=C(O)c1nn[nH]c1C=Cc1ccc(Cl)cc1. The summed E-state index contributed by atoms with van der Waals surface area (Å²) in [7, 11) is 0. The van der Waals surface area contributed by atoms with Gasteiger partial charge in [0.05, 0.1) is 5.69 Å². The molecule has 0 saturated heterocycles. The number of benzene rings is 1. The summed E-state index contributed by atoms with van der Waals surface area (Å²) in [4.78, 5) is 10.8. The number of carbonyl (C=O) groups is 1. The van der Waals surface area contributed by atoms with Crippen LogP contribution in [0.1, 0.15) is 21.7 Å². The maximum atomic E-state index is 10.8. The van der Waals surface area contributed by atoms with Gasteiger partial charge in [-0.3, -0.25) is 5.10 Å². The first-order valence-corrected chi connectivity index (χ1v) is 5.12. The summed E-state index contributed by atoms with van der Waals surface area (Å²) in [5, 5.41) is 18.9. The summed E-state index contributed by atoms with van der Waals surface area (Å²) in [5.41, 5.74) is 1.16. The van der Waals surface area contributed by atoms with Crippen molar-refractivity contribution in [1.29, 1.82) is 0 Å². The second kappa shape index (κ2) is 4.80. The maximum Gasteiger partial charge on any atom is 0.358 e. The van der Waals surface area contributed by atoms with Crippen LogP contribution in [0.4, 0.5) is 0 Å². The number of nitrogens with zero attached hydrogens (tertiary/aromatic N) is 2. The molecule has 0 fully saturated rings. The van der Waals surface area contributed by atoms with Crippen molar-refractivity contribution >= 4 is 29.7 Å². The number of halogens is 1. The van der Waals surface area contributed by atoms with Crippen LogP contribution in [0.2, 0.25) is 5.02 Å². The van der Waals surface area contributed by atoms with Crippen LogP contribution in [0.3, 0.4) is 0 Å². The summed E-state index contributed by atoms with van der Waals surface area (Å²) in [5.74, 6) is -1.12. The van der Waals surface area contributed by atoms with Gasteiger partial charge in [0.2, 0.25) is 0 Å². The van der Waals surface area contributed by atoms with E-state index < -0.39 is 5.97 Å². The molecule has 1 aromatic heterocycles. The molecular weight excluding hydrogens is 242 g/mol. The fraction of sp³-hybridized carbons (Fsp3) is 0. The first kappa shape index (κ1) is 11.3. The summed E-state index contributed by atoms with van der Waals surface area (Å²) < 4.78 is 0. The highest BCUT2D eigenvalue weighted by Gasteiger charge is 2.11. The highest BCUT2D eigenvalue weighted by atomic mass is 35.5. The second-order valence-corrected chi connectivity index (χ2v) is 3.70. The Labute approximate surface area is 102 Å². The zero-order chi connectivity index (χ0) is 12.3. The van der Waals surface area contributed by atoms with Crippen molar-refractivity contribution in [3.8, 4) is 0 Å². The molecule has 2 rings (SSSR count). The predicted molar refractivity (Wildman–Crippen MR) is 63.7 cm³/mol. The molecule has 0 unspecified atom stereocenters. The normalized spacial score (nSPS) is 10.9. The highest BCUT2D eigenvalue weighted by molar-refractivity contribution is 6.30. The number of nitrogens with one attached hydrogen (secondary N) is 1. The van der Waals surface area contributed by atoms with Gasteiger partial charge in [-0.2, -0.15) is 0 Å². The third-order valence-corrected chi connectivity index (χ3v) is 2.34. The molecule has 17 heavy (non-hydrogen) atoms. The van der Waals surface area contributed by atoms with Crippen molar-refractivity contribution in [2.24, 2.45) is 0 Å². The Morgan fingerprint density at radius 2 is 2.00 bits per heavy atom. The lowest BCUT2D eigenvalue weighted by atomic mass is 10.2. The lowest BCUT2D eigenvalue weighted by Crippen LogP contribution is -1.98. The number of H-pyrrole nitrogens is 1. The van der Waals surface area contributed by atoms with Crippen molar-refractivity contribution in [2.75, 3.05) is 0 Å². The van der Waals surface area contributed by atoms with Crippen LogP contribution >= 0.6 is 11.6 Å². The predicted octanol–water partition coefficient (Wildman–Crippen LogP) is 2.33. The van der Waals surface area contributed by atoms with Gasteiger partial charge in [-0.1, -0.05) is 35.0 Å². The molecule has 0 aliphatic heterocycles. The topological polar surface area (TPSA) is 78.9 Å². The molecule has 0 atom stereocenters. The fourth-order valence-corrected chi connectivity index (χ4v) is 1.39. The number of rotatable bonds is 3. The molecule has 5 nitrogen and oxygen atoms in total. The number of carboxylic acid groups (broad SMARTS) is 1. The average Bonchev–Trinajstić information content (AvgIpc) is 2.76. The second-order valence-electron chi connectivity index (χ2n) is 3.26. The Morgan fingerprint density at radius 3 is 2.65 bits per heavy atom. The van der Waals surface area contributed by atoms with Gasteiger partial charge >= 0.3 is 5.97 Å². The molecule has 1 aromatic carbocycles. The molecule has 0 aliphatic rings. The molecule has 0 bridgehead atoms. The van der Waals surface area contributed by atoms with Gasteiger partial charge in [0, 0.05) is 5.02 Å². The number of hydrogen-bond donors (Lipinski definition) is 2.